The second-order valence-corrected chi connectivity index (χ2v) is 8.89. The number of halogens is 2. The first kappa shape index (κ1) is 15.6. The maximum Gasteiger partial charge on any atom is 0.271 e. The molecule has 2 aromatic rings. The van der Waals surface area contributed by atoms with Gasteiger partial charge in [0, 0.05) is 14.1 Å². The van der Waals surface area contributed by atoms with Gasteiger partial charge in [0.2, 0.25) is 0 Å². The molecular formula is C12H12BrClN2O2S2. The van der Waals surface area contributed by atoms with Crippen molar-refractivity contribution in [2.45, 2.75) is 4.21 Å². The van der Waals surface area contributed by atoms with Gasteiger partial charge >= 0.3 is 0 Å². The van der Waals surface area contributed by atoms with Gasteiger partial charge in [0.25, 0.3) is 10.0 Å². The summed E-state index contributed by atoms with van der Waals surface area (Å²) in [7, 11) is 0.0622. The number of rotatable bonds is 4. The Hall–Kier alpha value is -0.760. The minimum Gasteiger partial charge on any atom is -0.376 e. The van der Waals surface area contributed by atoms with Crippen LogP contribution in [0.5, 0.6) is 0 Å². The molecule has 1 aromatic carbocycles. The zero-order valence-corrected chi connectivity index (χ0v) is 14.7. The van der Waals surface area contributed by atoms with E-state index in [1.807, 2.05) is 31.1 Å². The molecule has 0 aliphatic carbocycles. The zero-order valence-electron chi connectivity index (χ0n) is 10.7. The zero-order chi connectivity index (χ0) is 14.9. The normalized spacial score (nSPS) is 11.4. The lowest BCUT2D eigenvalue weighted by atomic mass is 10.2. The number of sulfonamides is 1. The van der Waals surface area contributed by atoms with Crippen LogP contribution in [-0.4, -0.2) is 22.5 Å². The lowest BCUT2D eigenvalue weighted by Crippen LogP contribution is -2.16. The first-order valence-corrected chi connectivity index (χ1v) is 9.02. The molecule has 8 heteroatoms. The first-order chi connectivity index (χ1) is 9.31. The fourth-order valence-electron chi connectivity index (χ4n) is 1.60. The highest BCUT2D eigenvalue weighted by atomic mass is 79.9. The van der Waals surface area contributed by atoms with Crippen molar-refractivity contribution in [3.8, 4) is 0 Å². The summed E-state index contributed by atoms with van der Waals surface area (Å²) in [6.45, 7) is 0. The van der Waals surface area contributed by atoms with Gasteiger partial charge in [-0.15, -0.1) is 11.3 Å². The highest BCUT2D eigenvalue weighted by molar-refractivity contribution is 9.11. The molecule has 0 amide bonds. The van der Waals surface area contributed by atoms with Crippen LogP contribution in [0.4, 0.5) is 11.4 Å². The van der Waals surface area contributed by atoms with E-state index in [0.29, 0.717) is 14.5 Å². The van der Waals surface area contributed by atoms with Gasteiger partial charge < -0.3 is 4.90 Å². The Morgan fingerprint density at radius 3 is 2.50 bits per heavy atom. The average Bonchev–Trinajstić information content (AvgIpc) is 2.70. The summed E-state index contributed by atoms with van der Waals surface area (Å²) in [5, 5.41) is 0.385. The third-order valence-corrected chi connectivity index (χ3v) is 6.83. The highest BCUT2D eigenvalue weighted by Crippen LogP contribution is 2.36. The van der Waals surface area contributed by atoms with Crippen LogP contribution in [0.2, 0.25) is 5.02 Å². The van der Waals surface area contributed by atoms with E-state index in [-0.39, 0.29) is 4.21 Å². The number of nitrogens with one attached hydrogen (secondary N) is 1. The van der Waals surface area contributed by atoms with Crippen molar-refractivity contribution in [2.75, 3.05) is 23.7 Å². The van der Waals surface area contributed by atoms with Gasteiger partial charge in [-0.05, 0) is 34.1 Å². The molecule has 0 atom stereocenters. The predicted molar refractivity (Wildman–Crippen MR) is 88.6 cm³/mol. The molecule has 20 heavy (non-hydrogen) atoms. The maximum absolute atomic E-state index is 12.3. The Kier molecular flexibility index (Phi) is 4.63. The monoisotopic (exact) mass is 394 g/mol. The fourth-order valence-corrected chi connectivity index (χ4v) is 5.08. The molecule has 108 valence electrons. The number of hydrogen-bond acceptors (Lipinski definition) is 4. The van der Waals surface area contributed by atoms with Crippen LogP contribution in [0.15, 0.2) is 38.3 Å². The molecule has 0 saturated carbocycles. The predicted octanol–water partition coefficient (Wildman–Crippen LogP) is 4.03. The summed E-state index contributed by atoms with van der Waals surface area (Å²) in [5.41, 5.74) is 1.32. The molecular weight excluding hydrogens is 384 g/mol. The van der Waals surface area contributed by atoms with E-state index >= 15 is 0 Å². The molecule has 4 nitrogen and oxygen atoms in total. The second kappa shape index (κ2) is 5.93. The molecule has 0 radical (unpaired) electrons. The van der Waals surface area contributed by atoms with Crippen LogP contribution in [0.25, 0.3) is 0 Å². The summed E-state index contributed by atoms with van der Waals surface area (Å²) in [6, 6.07) is 8.62. The summed E-state index contributed by atoms with van der Waals surface area (Å²) in [5.74, 6) is 0. The molecule has 0 unspecified atom stereocenters. The summed E-state index contributed by atoms with van der Waals surface area (Å²) >= 11 is 10.2. The van der Waals surface area contributed by atoms with Crippen molar-refractivity contribution in [1.82, 2.24) is 0 Å². The van der Waals surface area contributed by atoms with Gasteiger partial charge in [-0.1, -0.05) is 23.7 Å². The summed E-state index contributed by atoms with van der Waals surface area (Å²) < 4.78 is 28.0. The molecule has 0 bridgehead atoms. The molecule has 0 aliphatic heterocycles. The number of nitrogens with zero attached hydrogens (tertiary/aromatic N) is 1. The number of hydrogen-bond donors (Lipinski definition) is 1. The van der Waals surface area contributed by atoms with Crippen molar-refractivity contribution >= 4 is 60.3 Å². The van der Waals surface area contributed by atoms with Crippen LogP contribution in [-0.2, 0) is 10.0 Å². The fraction of sp³-hybridized carbons (Fsp3) is 0.167. The molecule has 0 saturated heterocycles. The molecule has 0 spiro atoms. The number of benzene rings is 1. The average molecular weight is 396 g/mol. The van der Waals surface area contributed by atoms with Gasteiger partial charge in [0.05, 0.1) is 20.2 Å². The third-order valence-electron chi connectivity index (χ3n) is 2.52. The maximum atomic E-state index is 12.3. The smallest absolute Gasteiger partial charge is 0.271 e. The summed E-state index contributed by atoms with van der Waals surface area (Å²) in [4.78, 5) is 1.84. The molecule has 1 N–H and O–H groups in total. The largest absolute Gasteiger partial charge is 0.376 e. The quantitative estimate of drug-likeness (QED) is 0.850. The van der Waals surface area contributed by atoms with Crippen molar-refractivity contribution in [2.24, 2.45) is 0 Å². The van der Waals surface area contributed by atoms with E-state index in [4.69, 9.17) is 11.6 Å². The SMILES string of the molecule is CN(C)c1ccccc1NS(=O)(=O)c1cc(Cl)c(Br)s1. The number of thiophene rings is 1. The third kappa shape index (κ3) is 3.28. The Labute approximate surface area is 135 Å². The van der Waals surface area contributed by atoms with Crippen molar-refractivity contribution in [3.63, 3.8) is 0 Å². The van der Waals surface area contributed by atoms with Crippen LogP contribution in [0.3, 0.4) is 0 Å². The van der Waals surface area contributed by atoms with E-state index in [1.54, 1.807) is 12.1 Å². The van der Waals surface area contributed by atoms with E-state index in [1.165, 1.54) is 6.07 Å². The van der Waals surface area contributed by atoms with E-state index in [0.717, 1.165) is 17.0 Å². The van der Waals surface area contributed by atoms with Crippen LogP contribution in [0.1, 0.15) is 0 Å². The van der Waals surface area contributed by atoms with Gasteiger partial charge in [-0.3, -0.25) is 4.72 Å². The number of anilines is 2. The van der Waals surface area contributed by atoms with Gasteiger partial charge in [-0.2, -0.15) is 0 Å². The van der Waals surface area contributed by atoms with E-state index < -0.39 is 10.0 Å². The Bertz CT molecular complexity index is 709. The van der Waals surface area contributed by atoms with Crippen molar-refractivity contribution < 1.29 is 8.42 Å². The minimum atomic E-state index is -3.64. The number of para-hydroxylation sites is 2. The molecule has 0 fully saturated rings. The topological polar surface area (TPSA) is 49.4 Å². The molecule has 1 aromatic heterocycles. The van der Waals surface area contributed by atoms with E-state index in [2.05, 4.69) is 20.7 Å². The van der Waals surface area contributed by atoms with Gasteiger partial charge in [0.15, 0.2) is 0 Å². The lowest BCUT2D eigenvalue weighted by Gasteiger charge is -2.17. The molecule has 1 heterocycles. The molecule has 0 aliphatic rings. The van der Waals surface area contributed by atoms with Crippen LogP contribution in [0, 0.1) is 0 Å². The Balaban J connectivity index is 2.38. The molecule has 2 rings (SSSR count). The van der Waals surface area contributed by atoms with Gasteiger partial charge in [-0.25, -0.2) is 8.42 Å². The minimum absolute atomic E-state index is 0.169. The highest BCUT2D eigenvalue weighted by Gasteiger charge is 2.20. The summed E-state index contributed by atoms with van der Waals surface area (Å²) in [6.07, 6.45) is 0. The first-order valence-electron chi connectivity index (χ1n) is 5.55. The van der Waals surface area contributed by atoms with Gasteiger partial charge in [0.1, 0.15) is 4.21 Å². The van der Waals surface area contributed by atoms with E-state index in [9.17, 15) is 8.42 Å². The Morgan fingerprint density at radius 2 is 1.95 bits per heavy atom. The Morgan fingerprint density at radius 1 is 1.30 bits per heavy atom. The van der Waals surface area contributed by atoms with Crippen molar-refractivity contribution in [1.29, 1.82) is 0 Å². The second-order valence-electron chi connectivity index (χ2n) is 4.20. The standard InChI is InChI=1S/C12H12BrClN2O2S2/c1-16(2)10-6-4-3-5-9(10)15-20(17,18)11-7-8(14)12(13)19-11/h3-7,15H,1-2H3. The van der Waals surface area contributed by atoms with Crippen LogP contribution < -0.4 is 9.62 Å². The lowest BCUT2D eigenvalue weighted by molar-refractivity contribution is 0.603. The van der Waals surface area contributed by atoms with Crippen molar-refractivity contribution in [3.05, 3.63) is 39.1 Å². The van der Waals surface area contributed by atoms with Crippen LogP contribution >= 0.6 is 38.9 Å².